The van der Waals surface area contributed by atoms with E-state index in [4.69, 9.17) is 5.73 Å². The van der Waals surface area contributed by atoms with Crippen molar-refractivity contribution in [3.63, 3.8) is 0 Å². The highest BCUT2D eigenvalue weighted by Crippen LogP contribution is 2.30. The van der Waals surface area contributed by atoms with Crippen molar-refractivity contribution in [1.82, 2.24) is 0 Å². The molecular weight excluding hydrogens is 212 g/mol. The molecule has 1 aromatic carbocycles. The Hall–Kier alpha value is -1.06. The van der Waals surface area contributed by atoms with Crippen molar-refractivity contribution < 1.29 is 5.11 Å². The van der Waals surface area contributed by atoms with E-state index in [1.807, 2.05) is 0 Å². The first-order valence-corrected chi connectivity index (χ1v) is 6.29. The number of rotatable bonds is 4. The van der Waals surface area contributed by atoms with E-state index in [0.717, 1.165) is 19.4 Å². The van der Waals surface area contributed by atoms with Crippen LogP contribution >= 0.6 is 0 Å². The fourth-order valence-corrected chi connectivity index (χ4v) is 2.54. The maximum absolute atomic E-state index is 9.31. The van der Waals surface area contributed by atoms with Crippen LogP contribution in [0.1, 0.15) is 24.0 Å². The number of anilines is 1. The second kappa shape index (κ2) is 5.07. The molecule has 1 fully saturated rings. The summed E-state index contributed by atoms with van der Waals surface area (Å²) in [5.41, 5.74) is 9.46. The van der Waals surface area contributed by atoms with Gasteiger partial charge in [0.15, 0.2) is 0 Å². The first-order valence-electron chi connectivity index (χ1n) is 6.29. The lowest BCUT2D eigenvalue weighted by Gasteiger charge is -2.35. The Balaban J connectivity index is 2.06. The molecule has 0 atom stereocenters. The van der Waals surface area contributed by atoms with Crippen molar-refractivity contribution in [1.29, 1.82) is 0 Å². The monoisotopic (exact) mass is 234 g/mol. The van der Waals surface area contributed by atoms with Crippen molar-refractivity contribution in [3.8, 4) is 0 Å². The summed E-state index contributed by atoms with van der Waals surface area (Å²) < 4.78 is 0. The SMILES string of the molecule is Cc1ccc(CN)c(N(C)CC2CC(O)C2)c1. The van der Waals surface area contributed by atoms with E-state index in [2.05, 4.69) is 37.1 Å². The molecule has 1 aliphatic carbocycles. The summed E-state index contributed by atoms with van der Waals surface area (Å²) in [7, 11) is 2.11. The van der Waals surface area contributed by atoms with Gasteiger partial charge in [-0.3, -0.25) is 0 Å². The maximum atomic E-state index is 9.31. The van der Waals surface area contributed by atoms with Gasteiger partial charge in [0.25, 0.3) is 0 Å². The van der Waals surface area contributed by atoms with Crippen LogP contribution < -0.4 is 10.6 Å². The normalized spacial score (nSPS) is 23.3. The Morgan fingerprint density at radius 2 is 2.12 bits per heavy atom. The molecule has 3 heteroatoms. The predicted molar refractivity (Wildman–Crippen MR) is 71.1 cm³/mol. The Morgan fingerprint density at radius 3 is 2.71 bits per heavy atom. The molecule has 0 radical (unpaired) electrons. The van der Waals surface area contributed by atoms with Gasteiger partial charge in [0, 0.05) is 25.8 Å². The number of aryl methyl sites for hydroxylation is 1. The average molecular weight is 234 g/mol. The maximum Gasteiger partial charge on any atom is 0.0546 e. The number of hydrogen-bond donors (Lipinski definition) is 2. The fourth-order valence-electron chi connectivity index (χ4n) is 2.54. The van der Waals surface area contributed by atoms with Gasteiger partial charge < -0.3 is 15.7 Å². The molecule has 3 nitrogen and oxygen atoms in total. The van der Waals surface area contributed by atoms with Crippen molar-refractivity contribution in [3.05, 3.63) is 29.3 Å². The molecule has 17 heavy (non-hydrogen) atoms. The number of nitrogens with zero attached hydrogens (tertiary/aromatic N) is 1. The van der Waals surface area contributed by atoms with Crippen LogP contribution in [0, 0.1) is 12.8 Å². The zero-order chi connectivity index (χ0) is 12.4. The van der Waals surface area contributed by atoms with Crippen molar-refractivity contribution >= 4 is 5.69 Å². The summed E-state index contributed by atoms with van der Waals surface area (Å²) in [5, 5.41) is 9.31. The standard InChI is InChI=1S/C14H22N2O/c1-10-3-4-12(8-15)14(5-10)16(2)9-11-6-13(17)7-11/h3-5,11,13,17H,6-9,15H2,1-2H3. The first-order chi connectivity index (χ1) is 8.10. The molecule has 0 bridgehead atoms. The number of aliphatic hydroxyl groups excluding tert-OH is 1. The topological polar surface area (TPSA) is 49.5 Å². The highest BCUT2D eigenvalue weighted by Gasteiger charge is 2.28. The second-order valence-electron chi connectivity index (χ2n) is 5.21. The number of hydrogen-bond acceptors (Lipinski definition) is 3. The van der Waals surface area contributed by atoms with Crippen molar-refractivity contribution in [2.45, 2.75) is 32.4 Å². The summed E-state index contributed by atoms with van der Waals surface area (Å²) in [6.45, 7) is 3.69. The average Bonchev–Trinajstić information content (AvgIpc) is 2.27. The lowest BCUT2D eigenvalue weighted by Crippen LogP contribution is -2.37. The van der Waals surface area contributed by atoms with E-state index in [1.54, 1.807) is 0 Å². The lowest BCUT2D eigenvalue weighted by molar-refractivity contribution is 0.0464. The summed E-state index contributed by atoms with van der Waals surface area (Å²) in [4.78, 5) is 2.27. The molecule has 0 amide bonds. The third-order valence-electron chi connectivity index (χ3n) is 3.61. The smallest absolute Gasteiger partial charge is 0.0546 e. The molecule has 1 aliphatic rings. The van der Waals surface area contributed by atoms with E-state index < -0.39 is 0 Å². The van der Waals surface area contributed by atoms with Crippen LogP contribution in [0.3, 0.4) is 0 Å². The molecule has 0 aliphatic heterocycles. The molecule has 0 heterocycles. The molecule has 2 rings (SSSR count). The van der Waals surface area contributed by atoms with E-state index in [-0.39, 0.29) is 6.10 Å². The lowest BCUT2D eigenvalue weighted by atomic mass is 9.82. The van der Waals surface area contributed by atoms with E-state index >= 15 is 0 Å². The number of nitrogens with two attached hydrogens (primary N) is 1. The predicted octanol–water partition coefficient (Wildman–Crippen LogP) is 1.66. The minimum absolute atomic E-state index is 0.0695. The molecule has 0 spiro atoms. The van der Waals surface area contributed by atoms with Gasteiger partial charge in [0.2, 0.25) is 0 Å². The summed E-state index contributed by atoms with van der Waals surface area (Å²) >= 11 is 0. The van der Waals surface area contributed by atoms with Crippen LogP contribution in [0.5, 0.6) is 0 Å². The van der Waals surface area contributed by atoms with Gasteiger partial charge in [-0.05, 0) is 42.9 Å². The molecule has 1 aromatic rings. The van der Waals surface area contributed by atoms with Gasteiger partial charge in [-0.1, -0.05) is 12.1 Å². The zero-order valence-corrected chi connectivity index (χ0v) is 10.7. The highest BCUT2D eigenvalue weighted by molar-refractivity contribution is 5.55. The van der Waals surface area contributed by atoms with Crippen LogP contribution in [0.15, 0.2) is 18.2 Å². The molecule has 0 saturated heterocycles. The minimum atomic E-state index is -0.0695. The Kier molecular flexibility index (Phi) is 3.69. The fraction of sp³-hybridized carbons (Fsp3) is 0.571. The van der Waals surface area contributed by atoms with Crippen molar-refractivity contribution in [2.24, 2.45) is 11.7 Å². The summed E-state index contributed by atoms with van der Waals surface area (Å²) in [6.07, 6.45) is 1.81. The van der Waals surface area contributed by atoms with Crippen molar-refractivity contribution in [2.75, 3.05) is 18.5 Å². The van der Waals surface area contributed by atoms with Gasteiger partial charge in [0.1, 0.15) is 0 Å². The van der Waals surface area contributed by atoms with Crippen LogP contribution in [-0.4, -0.2) is 24.8 Å². The van der Waals surface area contributed by atoms with Crippen LogP contribution in [-0.2, 0) is 6.54 Å². The third-order valence-corrected chi connectivity index (χ3v) is 3.61. The van der Waals surface area contributed by atoms with Gasteiger partial charge in [-0.2, -0.15) is 0 Å². The zero-order valence-electron chi connectivity index (χ0n) is 10.7. The minimum Gasteiger partial charge on any atom is -0.393 e. The van der Waals surface area contributed by atoms with Gasteiger partial charge in [-0.15, -0.1) is 0 Å². The molecule has 94 valence electrons. The molecular formula is C14H22N2O. The molecule has 0 unspecified atom stereocenters. The summed E-state index contributed by atoms with van der Waals surface area (Å²) in [5.74, 6) is 0.626. The largest absolute Gasteiger partial charge is 0.393 e. The van der Waals surface area contributed by atoms with Gasteiger partial charge in [0.05, 0.1) is 6.10 Å². The second-order valence-corrected chi connectivity index (χ2v) is 5.21. The first kappa shape index (κ1) is 12.4. The van der Waals surface area contributed by atoms with Gasteiger partial charge >= 0.3 is 0 Å². The Bertz CT molecular complexity index is 386. The highest BCUT2D eigenvalue weighted by atomic mass is 16.3. The van der Waals surface area contributed by atoms with Crippen LogP contribution in [0.4, 0.5) is 5.69 Å². The Labute approximate surface area is 103 Å². The third kappa shape index (κ3) is 2.79. The van der Waals surface area contributed by atoms with E-state index in [1.165, 1.54) is 16.8 Å². The number of benzene rings is 1. The molecule has 0 aromatic heterocycles. The number of aliphatic hydroxyl groups is 1. The van der Waals surface area contributed by atoms with Crippen LogP contribution in [0.25, 0.3) is 0 Å². The Morgan fingerprint density at radius 1 is 1.41 bits per heavy atom. The van der Waals surface area contributed by atoms with Crippen LogP contribution in [0.2, 0.25) is 0 Å². The van der Waals surface area contributed by atoms with Gasteiger partial charge in [-0.25, -0.2) is 0 Å². The summed E-state index contributed by atoms with van der Waals surface area (Å²) in [6, 6.07) is 6.40. The molecule has 1 saturated carbocycles. The van der Waals surface area contributed by atoms with E-state index in [9.17, 15) is 5.11 Å². The molecule has 3 N–H and O–H groups in total. The van der Waals surface area contributed by atoms with E-state index in [0.29, 0.717) is 12.5 Å². The quantitative estimate of drug-likeness (QED) is 0.833.